The van der Waals surface area contributed by atoms with Crippen LogP contribution in [0.15, 0.2) is 84.9 Å². The zero-order chi connectivity index (χ0) is 26.4. The molecule has 0 aliphatic carbocycles. The Labute approximate surface area is 211 Å². The molecule has 0 saturated heterocycles. The average molecular weight is 517 g/mol. The lowest BCUT2D eigenvalue weighted by Gasteiger charge is -2.14. The molecule has 0 radical (unpaired) electrons. The Morgan fingerprint density at radius 3 is 2.14 bits per heavy atom. The van der Waals surface area contributed by atoms with E-state index in [0.29, 0.717) is 22.4 Å². The highest BCUT2D eigenvalue weighted by Crippen LogP contribution is 2.30. The average Bonchev–Trinajstić information content (AvgIpc) is 3.48. The zero-order valence-corrected chi connectivity index (χ0v) is 21.1. The van der Waals surface area contributed by atoms with Gasteiger partial charge in [0.1, 0.15) is 27.2 Å². The smallest absolute Gasteiger partial charge is 0.272 e. The van der Waals surface area contributed by atoms with E-state index < -0.39 is 21.0 Å². The minimum absolute atomic E-state index is 0.00222. The standard InChI is InChI=1S/C27H24N4O5S/c1-27(2,3)23-20(28-15-36-23)14-22-25(33)29-21(24(32)30-22)13-18-17-11-7-8-12-19(17)31-26(18)37(34,35)16-9-5-4-6-10-16/h4-15,31H,1-3H3,(H,29,33)(H,30,32)/b21-13-,22-14-. The molecule has 188 valence electrons. The zero-order valence-electron chi connectivity index (χ0n) is 20.3. The molecule has 3 aromatic heterocycles. The fraction of sp³-hybridized carbons (Fsp3) is 0.148. The minimum atomic E-state index is -3.95. The number of H-pyrrole nitrogens is 3. The van der Waals surface area contributed by atoms with Crippen LogP contribution < -0.4 is 21.8 Å². The first-order chi connectivity index (χ1) is 17.6. The molecule has 0 saturated carbocycles. The number of oxazole rings is 1. The maximum absolute atomic E-state index is 13.5. The van der Waals surface area contributed by atoms with Gasteiger partial charge in [0.2, 0.25) is 9.84 Å². The van der Waals surface area contributed by atoms with Crippen LogP contribution in [0, 0.1) is 0 Å². The molecule has 37 heavy (non-hydrogen) atoms. The third-order valence-electron chi connectivity index (χ3n) is 5.86. The van der Waals surface area contributed by atoms with E-state index in [4.69, 9.17) is 4.42 Å². The fourth-order valence-corrected chi connectivity index (χ4v) is 5.56. The Balaban J connectivity index is 1.73. The van der Waals surface area contributed by atoms with Crippen molar-refractivity contribution in [2.24, 2.45) is 0 Å². The Morgan fingerprint density at radius 2 is 1.46 bits per heavy atom. The lowest BCUT2D eigenvalue weighted by atomic mass is 9.92. The number of hydrogen-bond acceptors (Lipinski definition) is 6. The maximum atomic E-state index is 13.5. The summed E-state index contributed by atoms with van der Waals surface area (Å²) in [5.41, 5.74) is -0.255. The molecule has 5 aromatic rings. The predicted octanol–water partition coefficient (Wildman–Crippen LogP) is 2.32. The molecule has 0 amide bonds. The van der Waals surface area contributed by atoms with Crippen LogP contribution in [0.5, 0.6) is 0 Å². The number of nitrogens with zero attached hydrogens (tertiary/aromatic N) is 1. The maximum Gasteiger partial charge on any atom is 0.272 e. The largest absolute Gasteiger partial charge is 0.447 e. The van der Waals surface area contributed by atoms with E-state index in [-0.39, 0.29) is 31.6 Å². The third kappa shape index (κ3) is 4.47. The number of hydrogen-bond donors (Lipinski definition) is 3. The quantitative estimate of drug-likeness (QED) is 0.335. The number of benzene rings is 2. The van der Waals surface area contributed by atoms with Gasteiger partial charge in [-0.3, -0.25) is 9.59 Å². The summed E-state index contributed by atoms with van der Waals surface area (Å²) in [5.74, 6) is 0.568. The molecular formula is C27H24N4O5S. The number of aromatic nitrogens is 4. The van der Waals surface area contributed by atoms with Crippen LogP contribution in [0.3, 0.4) is 0 Å². The first-order valence-electron chi connectivity index (χ1n) is 11.5. The minimum Gasteiger partial charge on any atom is -0.447 e. The summed E-state index contributed by atoms with van der Waals surface area (Å²) in [6.45, 7) is 5.83. The summed E-state index contributed by atoms with van der Waals surface area (Å²) < 4.78 is 32.4. The van der Waals surface area contributed by atoms with Crippen molar-refractivity contribution in [2.45, 2.75) is 36.1 Å². The van der Waals surface area contributed by atoms with Crippen LogP contribution in [-0.4, -0.2) is 28.4 Å². The number of para-hydroxylation sites is 1. The van der Waals surface area contributed by atoms with Crippen molar-refractivity contribution >= 4 is 32.9 Å². The molecule has 0 unspecified atom stereocenters. The van der Waals surface area contributed by atoms with Gasteiger partial charge in [0.25, 0.3) is 11.1 Å². The molecule has 3 N–H and O–H groups in total. The van der Waals surface area contributed by atoms with Crippen molar-refractivity contribution in [3.63, 3.8) is 0 Å². The topological polar surface area (TPSA) is 142 Å². The molecule has 2 aromatic carbocycles. The summed E-state index contributed by atoms with van der Waals surface area (Å²) in [6.07, 6.45) is 4.10. The predicted molar refractivity (Wildman–Crippen MR) is 139 cm³/mol. The van der Waals surface area contributed by atoms with E-state index in [1.165, 1.54) is 30.7 Å². The van der Waals surface area contributed by atoms with Crippen molar-refractivity contribution in [1.29, 1.82) is 0 Å². The van der Waals surface area contributed by atoms with Crippen molar-refractivity contribution in [2.75, 3.05) is 0 Å². The normalized spacial score (nSPS) is 13.5. The van der Waals surface area contributed by atoms with E-state index in [2.05, 4.69) is 19.9 Å². The number of rotatable bonds is 4. The number of nitrogens with one attached hydrogen (secondary N) is 3. The Morgan fingerprint density at radius 1 is 0.838 bits per heavy atom. The van der Waals surface area contributed by atoms with Gasteiger partial charge in [-0.1, -0.05) is 57.2 Å². The first kappa shape index (κ1) is 24.3. The molecule has 10 heteroatoms. The molecule has 9 nitrogen and oxygen atoms in total. The van der Waals surface area contributed by atoms with Gasteiger partial charge >= 0.3 is 0 Å². The molecule has 0 spiro atoms. The van der Waals surface area contributed by atoms with Crippen LogP contribution >= 0.6 is 0 Å². The first-order valence-corrected chi connectivity index (χ1v) is 12.9. The molecule has 5 rings (SSSR count). The second-order valence-electron chi connectivity index (χ2n) is 9.57. The molecule has 3 heterocycles. The van der Waals surface area contributed by atoms with Gasteiger partial charge in [-0.25, -0.2) is 13.4 Å². The van der Waals surface area contributed by atoms with Crippen molar-refractivity contribution in [3.8, 4) is 0 Å². The van der Waals surface area contributed by atoms with Gasteiger partial charge in [0.05, 0.1) is 4.90 Å². The van der Waals surface area contributed by atoms with Crippen LogP contribution in [0.25, 0.3) is 23.1 Å². The summed E-state index contributed by atoms with van der Waals surface area (Å²) in [4.78, 5) is 38.3. The molecule has 0 bridgehead atoms. The van der Waals surface area contributed by atoms with Crippen LogP contribution in [0.1, 0.15) is 37.8 Å². The van der Waals surface area contributed by atoms with E-state index in [1.54, 1.807) is 42.5 Å². The highest BCUT2D eigenvalue weighted by molar-refractivity contribution is 7.91. The Bertz CT molecular complexity index is 1970. The van der Waals surface area contributed by atoms with Gasteiger partial charge in [-0.15, -0.1) is 0 Å². The number of sulfone groups is 1. The van der Waals surface area contributed by atoms with E-state index in [1.807, 2.05) is 20.8 Å². The summed E-state index contributed by atoms with van der Waals surface area (Å²) in [7, 11) is -3.95. The SMILES string of the molecule is CC(C)(C)c1ocnc1/C=c1\[nH]c(=O)/c(=C/c2c(S(=O)(=O)c3ccccc3)[nH]c3ccccc23)[nH]c1=O. The molecular weight excluding hydrogens is 492 g/mol. The van der Waals surface area contributed by atoms with E-state index >= 15 is 0 Å². The van der Waals surface area contributed by atoms with Crippen LogP contribution in [-0.2, 0) is 15.3 Å². The lowest BCUT2D eigenvalue weighted by molar-refractivity contribution is 0.407. The van der Waals surface area contributed by atoms with Crippen LogP contribution in [0.4, 0.5) is 0 Å². The van der Waals surface area contributed by atoms with Gasteiger partial charge in [-0.05, 0) is 30.4 Å². The number of fused-ring (bicyclic) bond motifs is 1. The monoisotopic (exact) mass is 516 g/mol. The highest BCUT2D eigenvalue weighted by Gasteiger charge is 2.25. The second-order valence-corrected chi connectivity index (χ2v) is 11.5. The molecule has 0 atom stereocenters. The summed E-state index contributed by atoms with van der Waals surface area (Å²) in [6, 6.07) is 15.0. The fourth-order valence-electron chi connectivity index (χ4n) is 4.11. The van der Waals surface area contributed by atoms with Crippen molar-refractivity contribution in [1.82, 2.24) is 19.9 Å². The van der Waals surface area contributed by atoms with Gasteiger partial charge in [-0.2, -0.15) is 0 Å². The summed E-state index contributed by atoms with van der Waals surface area (Å²) in [5, 5.41) is 0.420. The van der Waals surface area contributed by atoms with Crippen LogP contribution in [0.2, 0.25) is 0 Å². The summed E-state index contributed by atoms with van der Waals surface area (Å²) >= 11 is 0. The van der Waals surface area contributed by atoms with Crippen molar-refractivity contribution < 1.29 is 12.8 Å². The van der Waals surface area contributed by atoms with Crippen molar-refractivity contribution in [3.05, 3.63) is 109 Å². The molecule has 0 aliphatic rings. The number of aromatic amines is 3. The van der Waals surface area contributed by atoms with Gasteiger partial charge in [0.15, 0.2) is 6.39 Å². The molecule has 0 aliphatic heterocycles. The van der Waals surface area contributed by atoms with Gasteiger partial charge in [0, 0.05) is 21.9 Å². The third-order valence-corrected chi connectivity index (χ3v) is 7.62. The Hall–Kier alpha value is -4.44. The Kier molecular flexibility index (Phi) is 5.83. The van der Waals surface area contributed by atoms with E-state index in [9.17, 15) is 18.0 Å². The van der Waals surface area contributed by atoms with Gasteiger partial charge < -0.3 is 19.4 Å². The lowest BCUT2D eigenvalue weighted by Crippen LogP contribution is -2.46. The second kappa shape index (κ2) is 8.90. The highest BCUT2D eigenvalue weighted by atomic mass is 32.2. The van der Waals surface area contributed by atoms with E-state index in [0.717, 1.165) is 0 Å². The molecule has 0 fully saturated rings.